The third kappa shape index (κ3) is 4.33. The summed E-state index contributed by atoms with van der Waals surface area (Å²) in [6, 6.07) is 2.18. The predicted octanol–water partition coefficient (Wildman–Crippen LogP) is 1.72. The highest BCUT2D eigenvalue weighted by atomic mass is 32.2. The fraction of sp³-hybridized carbons (Fsp3) is 0.571. The zero-order chi connectivity index (χ0) is 15.2. The van der Waals surface area contributed by atoms with Gasteiger partial charge in [-0.3, -0.25) is 4.79 Å². The number of nitrogens with two attached hydrogens (primary N) is 1. The number of amides is 1. The topological polar surface area (TPSA) is 105 Å². The van der Waals surface area contributed by atoms with Crippen LogP contribution in [0, 0.1) is 17.2 Å². The summed E-state index contributed by atoms with van der Waals surface area (Å²) in [6.45, 7) is 2.18. The van der Waals surface area contributed by atoms with Crippen LogP contribution in [0.15, 0.2) is 11.4 Å². The molecule has 1 heterocycles. The summed E-state index contributed by atoms with van der Waals surface area (Å²) < 4.78 is 0. The zero-order valence-electron chi connectivity index (χ0n) is 12.0. The minimum Gasteiger partial charge on any atom is -0.382 e. The van der Waals surface area contributed by atoms with E-state index in [9.17, 15) is 4.79 Å². The molecule has 112 valence electrons. The van der Waals surface area contributed by atoms with E-state index >= 15 is 0 Å². The maximum Gasteiger partial charge on any atom is 0.230 e. The smallest absolute Gasteiger partial charge is 0.230 e. The summed E-state index contributed by atoms with van der Waals surface area (Å²) in [5.74, 6) is 0.935. The van der Waals surface area contributed by atoms with Crippen LogP contribution in [-0.4, -0.2) is 27.7 Å². The molecule has 1 aromatic rings. The summed E-state index contributed by atoms with van der Waals surface area (Å²) in [5, 5.41) is 12.2. The van der Waals surface area contributed by atoms with E-state index in [-0.39, 0.29) is 29.1 Å². The lowest BCUT2D eigenvalue weighted by Gasteiger charge is -2.29. The molecule has 0 bridgehead atoms. The van der Waals surface area contributed by atoms with E-state index < -0.39 is 0 Å². The molecule has 0 unspecified atom stereocenters. The highest BCUT2D eigenvalue weighted by Crippen LogP contribution is 2.24. The highest BCUT2D eigenvalue weighted by molar-refractivity contribution is 7.99. The Balaban J connectivity index is 1.83. The molecular formula is C14H19N5OS. The number of rotatable bonds is 4. The second-order valence-electron chi connectivity index (χ2n) is 5.29. The first-order valence-corrected chi connectivity index (χ1v) is 8.03. The molecule has 0 radical (unpaired) electrons. The fourth-order valence-electron chi connectivity index (χ4n) is 2.44. The summed E-state index contributed by atoms with van der Waals surface area (Å²) in [4.78, 5) is 20.0. The summed E-state index contributed by atoms with van der Waals surface area (Å²) in [7, 11) is 0. The van der Waals surface area contributed by atoms with Gasteiger partial charge in [0.15, 0.2) is 5.16 Å². The summed E-state index contributed by atoms with van der Waals surface area (Å²) >= 11 is 1.23. The third-order valence-corrected chi connectivity index (χ3v) is 4.57. The maximum absolute atomic E-state index is 12.0. The molecule has 21 heavy (non-hydrogen) atoms. The van der Waals surface area contributed by atoms with Crippen molar-refractivity contribution in [2.45, 2.75) is 43.8 Å². The van der Waals surface area contributed by atoms with Crippen molar-refractivity contribution < 1.29 is 4.79 Å². The first kappa shape index (κ1) is 15.6. The monoisotopic (exact) mass is 305 g/mol. The van der Waals surface area contributed by atoms with E-state index in [1.54, 1.807) is 0 Å². The maximum atomic E-state index is 12.0. The van der Waals surface area contributed by atoms with Crippen molar-refractivity contribution in [1.29, 1.82) is 5.26 Å². The number of carbonyl (C=O) groups excluding carboxylic acids is 1. The Labute approximate surface area is 128 Å². The van der Waals surface area contributed by atoms with Gasteiger partial charge in [0.2, 0.25) is 5.91 Å². The summed E-state index contributed by atoms with van der Waals surface area (Å²) in [6.07, 6.45) is 6.04. The molecule has 0 aromatic carbocycles. The molecule has 0 aliphatic heterocycles. The van der Waals surface area contributed by atoms with Crippen molar-refractivity contribution in [2.24, 2.45) is 5.92 Å². The molecule has 3 N–H and O–H groups in total. The van der Waals surface area contributed by atoms with Crippen LogP contribution < -0.4 is 11.1 Å². The normalized spacial score (nSPS) is 21.5. The van der Waals surface area contributed by atoms with Crippen LogP contribution in [0.1, 0.15) is 38.2 Å². The van der Waals surface area contributed by atoms with Gasteiger partial charge in [0.25, 0.3) is 0 Å². The Morgan fingerprint density at radius 1 is 1.57 bits per heavy atom. The molecule has 1 aliphatic carbocycles. The van der Waals surface area contributed by atoms with E-state index in [0.29, 0.717) is 11.1 Å². The van der Waals surface area contributed by atoms with Crippen LogP contribution >= 0.6 is 11.8 Å². The number of anilines is 1. The van der Waals surface area contributed by atoms with Gasteiger partial charge in [-0.1, -0.05) is 31.5 Å². The molecule has 0 saturated heterocycles. The molecule has 1 aromatic heterocycles. The van der Waals surface area contributed by atoms with Crippen molar-refractivity contribution >= 4 is 23.5 Å². The number of aromatic nitrogens is 2. The number of nitrogen functional groups attached to an aromatic ring is 1. The Bertz CT molecular complexity index is 557. The summed E-state index contributed by atoms with van der Waals surface area (Å²) in [5.41, 5.74) is 5.87. The Hall–Kier alpha value is -1.81. The second-order valence-corrected chi connectivity index (χ2v) is 6.23. The predicted molar refractivity (Wildman–Crippen MR) is 81.4 cm³/mol. The molecule has 1 amide bonds. The van der Waals surface area contributed by atoms with Crippen LogP contribution in [0.2, 0.25) is 0 Å². The van der Waals surface area contributed by atoms with Gasteiger partial charge in [-0.05, 0) is 18.8 Å². The van der Waals surface area contributed by atoms with Crippen molar-refractivity contribution in [2.75, 3.05) is 11.5 Å². The highest BCUT2D eigenvalue weighted by Gasteiger charge is 2.22. The van der Waals surface area contributed by atoms with E-state index in [1.165, 1.54) is 37.2 Å². The number of nitrogens with zero attached hydrogens (tertiary/aromatic N) is 3. The number of nitriles is 1. The van der Waals surface area contributed by atoms with Gasteiger partial charge in [-0.15, -0.1) is 0 Å². The van der Waals surface area contributed by atoms with Crippen LogP contribution in [-0.2, 0) is 4.79 Å². The van der Waals surface area contributed by atoms with Crippen molar-refractivity contribution in [1.82, 2.24) is 15.3 Å². The minimum absolute atomic E-state index is 0.00900. The average molecular weight is 305 g/mol. The number of carbonyl (C=O) groups is 1. The van der Waals surface area contributed by atoms with Gasteiger partial charge in [0.1, 0.15) is 17.5 Å². The van der Waals surface area contributed by atoms with E-state index in [0.717, 1.165) is 6.42 Å². The van der Waals surface area contributed by atoms with Gasteiger partial charge >= 0.3 is 0 Å². The van der Waals surface area contributed by atoms with Crippen LogP contribution in [0.25, 0.3) is 0 Å². The van der Waals surface area contributed by atoms with Crippen LogP contribution in [0.4, 0.5) is 5.82 Å². The molecular weight excluding hydrogens is 286 g/mol. The van der Waals surface area contributed by atoms with Gasteiger partial charge < -0.3 is 11.1 Å². The fourth-order valence-corrected chi connectivity index (χ4v) is 3.08. The molecule has 1 saturated carbocycles. The first-order chi connectivity index (χ1) is 10.1. The van der Waals surface area contributed by atoms with Crippen molar-refractivity contribution in [3.63, 3.8) is 0 Å². The lowest BCUT2D eigenvalue weighted by Crippen LogP contribution is -2.41. The SMILES string of the molecule is C[C@H]1CCCC[C@H]1NC(=O)CSc1ncc(C#N)c(N)n1. The Kier molecular flexibility index (Phi) is 5.39. The number of hydrogen-bond acceptors (Lipinski definition) is 6. The molecule has 1 fully saturated rings. The average Bonchev–Trinajstić information content (AvgIpc) is 2.48. The second kappa shape index (κ2) is 7.27. The standard InChI is InChI=1S/C14H19N5OS/c1-9-4-2-3-5-11(9)18-12(20)8-21-14-17-7-10(6-15)13(16)19-14/h7,9,11H,2-5,8H2,1H3,(H,18,20)(H2,16,17,19)/t9-,11+/m0/s1. The number of thioether (sulfide) groups is 1. The van der Waals surface area contributed by atoms with E-state index in [1.807, 2.05) is 6.07 Å². The lowest BCUT2D eigenvalue weighted by atomic mass is 9.86. The van der Waals surface area contributed by atoms with E-state index in [4.69, 9.17) is 11.0 Å². The molecule has 0 spiro atoms. The van der Waals surface area contributed by atoms with Gasteiger partial charge in [-0.25, -0.2) is 9.97 Å². The van der Waals surface area contributed by atoms with Crippen LogP contribution in [0.5, 0.6) is 0 Å². The van der Waals surface area contributed by atoms with Crippen molar-refractivity contribution in [3.05, 3.63) is 11.8 Å². The van der Waals surface area contributed by atoms with Crippen LogP contribution in [0.3, 0.4) is 0 Å². The lowest BCUT2D eigenvalue weighted by molar-refractivity contribution is -0.119. The van der Waals surface area contributed by atoms with E-state index in [2.05, 4.69) is 22.2 Å². The quantitative estimate of drug-likeness (QED) is 0.648. The number of nitrogens with one attached hydrogen (secondary N) is 1. The zero-order valence-corrected chi connectivity index (χ0v) is 12.8. The number of hydrogen-bond donors (Lipinski definition) is 2. The minimum atomic E-state index is -0.00900. The van der Waals surface area contributed by atoms with Gasteiger partial charge in [-0.2, -0.15) is 5.26 Å². The molecule has 7 heteroatoms. The molecule has 2 rings (SSSR count). The third-order valence-electron chi connectivity index (χ3n) is 3.71. The van der Waals surface area contributed by atoms with Crippen molar-refractivity contribution in [3.8, 4) is 6.07 Å². The van der Waals surface area contributed by atoms with Gasteiger partial charge in [0.05, 0.1) is 11.9 Å². The van der Waals surface area contributed by atoms with Gasteiger partial charge in [0, 0.05) is 6.04 Å². The Morgan fingerprint density at radius 3 is 3.00 bits per heavy atom. The molecule has 6 nitrogen and oxygen atoms in total. The molecule has 2 atom stereocenters. The Morgan fingerprint density at radius 2 is 2.33 bits per heavy atom. The molecule has 1 aliphatic rings. The first-order valence-electron chi connectivity index (χ1n) is 7.05. The largest absolute Gasteiger partial charge is 0.382 e.